The summed E-state index contributed by atoms with van der Waals surface area (Å²) < 4.78 is 29.0. The molecule has 0 spiro atoms. The van der Waals surface area contributed by atoms with Gasteiger partial charge < -0.3 is 20.7 Å². The van der Waals surface area contributed by atoms with Crippen molar-refractivity contribution in [3.63, 3.8) is 0 Å². The maximum Gasteiger partial charge on any atom is 0.239 e. The van der Waals surface area contributed by atoms with Crippen molar-refractivity contribution in [1.82, 2.24) is 14.3 Å². The number of ether oxygens (including phenoxy) is 1. The molecule has 33 heavy (non-hydrogen) atoms. The fourth-order valence-electron chi connectivity index (χ4n) is 2.80. The van der Waals surface area contributed by atoms with Gasteiger partial charge in [0.2, 0.25) is 21.9 Å². The number of aromatic nitrogens is 2. The fraction of sp³-hybridized carbons (Fsp3) is 0.227. The molecule has 0 bridgehead atoms. The molecule has 0 aliphatic carbocycles. The summed E-state index contributed by atoms with van der Waals surface area (Å²) in [4.78, 5) is 20.9. The number of benzene rings is 2. The fourth-order valence-corrected chi connectivity index (χ4v) is 3.15. The van der Waals surface area contributed by atoms with E-state index in [9.17, 15) is 13.2 Å². The number of sulfonamides is 1. The maximum atomic E-state index is 12.0. The lowest BCUT2D eigenvalue weighted by molar-refractivity contribution is -0.116. The quantitative estimate of drug-likeness (QED) is 0.436. The second-order valence-electron chi connectivity index (χ2n) is 7.34. The molecule has 1 aromatic heterocycles. The zero-order valence-corrected chi connectivity index (χ0v) is 19.6. The standard InChI is InChI=1S/C22H26N6O4S/c1-15-13-20(24-16-9-11-19(32-3)12-10-16)27-22(23-15)26-18-7-5-17(6-8-18)25-21(29)14-28(2)33(4,30)31/h5-13H,14H2,1-4H3,(H,25,29)(H2,23,24,26,27). The van der Waals surface area contributed by atoms with E-state index in [0.29, 0.717) is 17.5 Å². The second-order valence-corrected chi connectivity index (χ2v) is 9.43. The summed E-state index contributed by atoms with van der Waals surface area (Å²) in [6.07, 6.45) is 1.05. The number of rotatable bonds is 9. The van der Waals surface area contributed by atoms with Gasteiger partial charge in [0, 0.05) is 35.9 Å². The maximum absolute atomic E-state index is 12.0. The zero-order valence-electron chi connectivity index (χ0n) is 18.8. The molecule has 1 amide bonds. The number of hydrogen-bond donors (Lipinski definition) is 3. The molecule has 1 heterocycles. The number of amides is 1. The molecule has 2 aromatic carbocycles. The number of likely N-dealkylation sites (N-methyl/N-ethyl adjacent to an activating group) is 1. The lowest BCUT2D eigenvalue weighted by atomic mass is 10.2. The molecule has 0 saturated carbocycles. The third-order valence-corrected chi connectivity index (χ3v) is 5.84. The smallest absolute Gasteiger partial charge is 0.239 e. The number of carbonyl (C=O) groups excluding carboxylic acids is 1. The molecule has 11 heteroatoms. The summed E-state index contributed by atoms with van der Waals surface area (Å²) in [5, 5.41) is 9.04. The highest BCUT2D eigenvalue weighted by Gasteiger charge is 2.15. The lowest BCUT2D eigenvalue weighted by Gasteiger charge is -2.14. The van der Waals surface area contributed by atoms with Gasteiger partial charge in [0.15, 0.2) is 0 Å². The summed E-state index contributed by atoms with van der Waals surface area (Å²) in [5.74, 6) is 1.38. The Morgan fingerprint density at radius 3 is 2.15 bits per heavy atom. The monoisotopic (exact) mass is 470 g/mol. The highest BCUT2D eigenvalue weighted by atomic mass is 32.2. The summed E-state index contributed by atoms with van der Waals surface area (Å²) in [6, 6.07) is 16.3. The Morgan fingerprint density at radius 1 is 0.970 bits per heavy atom. The van der Waals surface area contributed by atoms with Gasteiger partial charge in [0.25, 0.3) is 0 Å². The topological polar surface area (TPSA) is 126 Å². The molecule has 3 N–H and O–H groups in total. The van der Waals surface area contributed by atoms with Gasteiger partial charge in [-0.25, -0.2) is 13.4 Å². The minimum Gasteiger partial charge on any atom is -0.497 e. The average Bonchev–Trinajstić information content (AvgIpc) is 2.74. The molecule has 0 radical (unpaired) electrons. The molecular formula is C22H26N6O4S. The van der Waals surface area contributed by atoms with Gasteiger partial charge in [-0.15, -0.1) is 0 Å². The van der Waals surface area contributed by atoms with E-state index in [0.717, 1.165) is 33.4 Å². The van der Waals surface area contributed by atoms with E-state index in [-0.39, 0.29) is 6.54 Å². The average molecular weight is 471 g/mol. The number of nitrogens with one attached hydrogen (secondary N) is 3. The van der Waals surface area contributed by atoms with Crippen LogP contribution in [-0.4, -0.2) is 55.6 Å². The van der Waals surface area contributed by atoms with Gasteiger partial charge in [-0.1, -0.05) is 0 Å². The molecule has 0 saturated heterocycles. The second kappa shape index (κ2) is 10.3. The van der Waals surface area contributed by atoms with Crippen LogP contribution in [0.4, 0.5) is 28.8 Å². The van der Waals surface area contributed by atoms with Crippen LogP contribution < -0.4 is 20.7 Å². The first-order chi connectivity index (χ1) is 15.6. The third-order valence-electron chi connectivity index (χ3n) is 4.57. The van der Waals surface area contributed by atoms with Gasteiger partial charge in [0.1, 0.15) is 11.6 Å². The number of anilines is 5. The Labute approximate surface area is 193 Å². The largest absolute Gasteiger partial charge is 0.497 e. The molecule has 3 aromatic rings. The van der Waals surface area contributed by atoms with Crippen LogP contribution in [0.15, 0.2) is 54.6 Å². The third kappa shape index (κ3) is 7.16. The van der Waals surface area contributed by atoms with Gasteiger partial charge in [-0.2, -0.15) is 9.29 Å². The predicted octanol–water partition coefficient (Wildman–Crippen LogP) is 3.11. The van der Waals surface area contributed by atoms with Crippen molar-refractivity contribution in [3.8, 4) is 5.75 Å². The van der Waals surface area contributed by atoms with Crippen LogP contribution in [0.5, 0.6) is 5.75 Å². The van der Waals surface area contributed by atoms with Gasteiger partial charge >= 0.3 is 0 Å². The summed E-state index contributed by atoms with van der Waals surface area (Å²) in [7, 11) is -0.458. The Hall–Kier alpha value is -3.70. The number of methoxy groups -OCH3 is 1. The molecule has 10 nitrogen and oxygen atoms in total. The van der Waals surface area contributed by atoms with E-state index in [2.05, 4.69) is 25.9 Å². The molecule has 174 valence electrons. The van der Waals surface area contributed by atoms with E-state index in [1.807, 2.05) is 37.3 Å². The van der Waals surface area contributed by atoms with Crippen LogP contribution in [0.3, 0.4) is 0 Å². The number of nitrogens with zero attached hydrogens (tertiary/aromatic N) is 3. The van der Waals surface area contributed by atoms with Crippen molar-refractivity contribution >= 4 is 44.8 Å². The van der Waals surface area contributed by atoms with Gasteiger partial charge in [-0.3, -0.25) is 4.79 Å². The Morgan fingerprint density at radius 2 is 1.55 bits per heavy atom. The van der Waals surface area contributed by atoms with Gasteiger partial charge in [0.05, 0.1) is 19.9 Å². The SMILES string of the molecule is COc1ccc(Nc2cc(C)nc(Nc3ccc(NC(=O)CN(C)S(C)(=O)=O)cc3)n2)cc1. The van der Waals surface area contributed by atoms with Crippen molar-refractivity contribution < 1.29 is 17.9 Å². The van der Waals surface area contributed by atoms with Crippen molar-refractivity contribution in [3.05, 3.63) is 60.3 Å². The molecule has 0 unspecified atom stereocenters. The van der Waals surface area contributed by atoms with E-state index in [1.54, 1.807) is 31.4 Å². The van der Waals surface area contributed by atoms with Crippen LogP contribution in [0, 0.1) is 6.92 Å². The van der Waals surface area contributed by atoms with Crippen LogP contribution in [0.25, 0.3) is 0 Å². The highest BCUT2D eigenvalue weighted by molar-refractivity contribution is 7.88. The minimum absolute atomic E-state index is 0.264. The van der Waals surface area contributed by atoms with E-state index >= 15 is 0 Å². The Balaban J connectivity index is 1.64. The molecule has 0 aliphatic rings. The van der Waals surface area contributed by atoms with Crippen LogP contribution in [0.2, 0.25) is 0 Å². The number of aryl methyl sites for hydroxylation is 1. The normalized spacial score (nSPS) is 11.2. The van der Waals surface area contributed by atoms with Crippen molar-refractivity contribution in [2.75, 3.05) is 42.9 Å². The predicted molar refractivity (Wildman–Crippen MR) is 129 cm³/mol. The van der Waals surface area contributed by atoms with Crippen LogP contribution >= 0.6 is 0 Å². The summed E-state index contributed by atoms with van der Waals surface area (Å²) in [6.45, 7) is 1.61. The highest BCUT2D eigenvalue weighted by Crippen LogP contribution is 2.22. The number of hydrogen-bond acceptors (Lipinski definition) is 8. The number of carbonyl (C=O) groups is 1. The van der Waals surface area contributed by atoms with Crippen LogP contribution in [-0.2, 0) is 14.8 Å². The minimum atomic E-state index is -3.42. The van der Waals surface area contributed by atoms with Crippen molar-refractivity contribution in [1.29, 1.82) is 0 Å². The van der Waals surface area contributed by atoms with E-state index in [4.69, 9.17) is 4.74 Å². The first-order valence-electron chi connectivity index (χ1n) is 9.97. The lowest BCUT2D eigenvalue weighted by Crippen LogP contribution is -2.34. The van der Waals surface area contributed by atoms with E-state index in [1.165, 1.54) is 7.05 Å². The Kier molecular flexibility index (Phi) is 7.46. The van der Waals surface area contributed by atoms with Crippen molar-refractivity contribution in [2.45, 2.75) is 6.92 Å². The summed E-state index contributed by atoms with van der Waals surface area (Å²) in [5.41, 5.74) is 2.91. The molecule has 0 fully saturated rings. The molecule has 3 rings (SSSR count). The Bertz CT molecular complexity index is 1210. The first kappa shape index (κ1) is 24.0. The van der Waals surface area contributed by atoms with Crippen LogP contribution in [0.1, 0.15) is 5.69 Å². The zero-order chi connectivity index (χ0) is 24.0. The molecular weight excluding hydrogens is 444 g/mol. The summed E-state index contributed by atoms with van der Waals surface area (Å²) >= 11 is 0. The first-order valence-corrected chi connectivity index (χ1v) is 11.8. The van der Waals surface area contributed by atoms with Crippen molar-refractivity contribution in [2.24, 2.45) is 0 Å². The van der Waals surface area contributed by atoms with E-state index < -0.39 is 15.9 Å². The molecule has 0 aliphatic heterocycles. The molecule has 0 atom stereocenters. The van der Waals surface area contributed by atoms with Gasteiger partial charge in [-0.05, 0) is 55.5 Å².